The Morgan fingerprint density at radius 2 is 0.842 bits per heavy atom. The number of hydrogen-bond acceptors (Lipinski definition) is 11. The smallest absolute Gasteiger partial charge is 0.333 e. The molecule has 11 nitrogen and oxygen atoms in total. The van der Waals surface area contributed by atoms with Gasteiger partial charge in [0.15, 0.2) is 0 Å². The third-order valence-electron chi connectivity index (χ3n) is 5.03. The molecule has 0 aliphatic rings. The molecular weight excluding hydrogens is 500 g/mol. The summed E-state index contributed by atoms with van der Waals surface area (Å²) in [6, 6.07) is 0. The minimum absolute atomic E-state index is 0.0418. The molecule has 0 aliphatic heterocycles. The Morgan fingerprint density at radius 3 is 1.11 bits per heavy atom. The first-order valence-corrected chi connectivity index (χ1v) is 11.6. The molecule has 0 saturated heterocycles. The van der Waals surface area contributed by atoms with Crippen LogP contribution >= 0.6 is 0 Å². The molecule has 0 rings (SSSR count). The van der Waals surface area contributed by atoms with E-state index in [0.717, 1.165) is 0 Å². The van der Waals surface area contributed by atoms with E-state index in [0.29, 0.717) is 0 Å². The molecule has 11 heteroatoms. The average Bonchev–Trinajstić information content (AvgIpc) is 2.86. The number of carbonyl (C=O) groups is 4. The lowest BCUT2D eigenvalue weighted by Crippen LogP contribution is -2.46. The first-order valence-electron chi connectivity index (χ1n) is 11.6. The molecule has 0 bridgehead atoms. The Balaban J connectivity index is 6.01. The van der Waals surface area contributed by atoms with Gasteiger partial charge in [-0.2, -0.15) is 0 Å². The number of carbonyl (C=O) groups excluding carboxylic acids is 4. The van der Waals surface area contributed by atoms with Crippen LogP contribution in [0.4, 0.5) is 0 Å². The number of aliphatic hydroxyl groups is 1. The fraction of sp³-hybridized carbons (Fsp3) is 0.556. The molecule has 0 aliphatic carbocycles. The zero-order valence-corrected chi connectivity index (χ0v) is 23.0. The topological polar surface area (TPSA) is 144 Å². The van der Waals surface area contributed by atoms with Crippen LogP contribution in [0.25, 0.3) is 0 Å². The van der Waals surface area contributed by atoms with Crippen LogP contribution in [-0.4, -0.2) is 88.9 Å². The lowest BCUT2D eigenvalue weighted by Gasteiger charge is -2.35. The Morgan fingerprint density at radius 1 is 0.553 bits per heavy atom. The minimum atomic E-state index is -1.37. The van der Waals surface area contributed by atoms with Gasteiger partial charge in [-0.15, -0.1) is 0 Å². The second-order valence-corrected chi connectivity index (χ2v) is 9.51. The second kappa shape index (κ2) is 16.5. The lowest BCUT2D eigenvalue weighted by atomic mass is 9.90. The van der Waals surface area contributed by atoms with E-state index in [9.17, 15) is 24.3 Å². The van der Waals surface area contributed by atoms with Crippen molar-refractivity contribution in [1.29, 1.82) is 0 Å². The summed E-state index contributed by atoms with van der Waals surface area (Å²) in [6.45, 7) is 17.6. The summed E-state index contributed by atoms with van der Waals surface area (Å²) in [4.78, 5) is 48.3. The number of esters is 4. The summed E-state index contributed by atoms with van der Waals surface area (Å²) < 4.78 is 32.3. The zero-order chi connectivity index (χ0) is 29.5. The first-order chi connectivity index (χ1) is 17.6. The number of aliphatic hydroxyl groups excluding tert-OH is 1. The highest BCUT2D eigenvalue weighted by Crippen LogP contribution is 2.25. The van der Waals surface area contributed by atoms with Gasteiger partial charge in [0.1, 0.15) is 26.4 Å². The molecule has 0 saturated carbocycles. The Labute approximate surface area is 224 Å². The minimum Gasteiger partial charge on any atom is -0.461 e. The first kappa shape index (κ1) is 34.7. The molecule has 1 atom stereocenters. The predicted octanol–water partition coefficient (Wildman–Crippen LogP) is 2.09. The summed E-state index contributed by atoms with van der Waals surface area (Å²) >= 11 is 0. The Hall–Kier alpha value is -3.28. The van der Waals surface area contributed by atoms with E-state index in [2.05, 4.69) is 26.3 Å². The third kappa shape index (κ3) is 12.3. The Bertz CT molecular complexity index is 844. The summed E-state index contributed by atoms with van der Waals surface area (Å²) in [5.74, 6) is -2.81. The van der Waals surface area contributed by atoms with Crippen LogP contribution in [0.15, 0.2) is 48.6 Å². The second-order valence-electron chi connectivity index (χ2n) is 9.51. The van der Waals surface area contributed by atoms with E-state index in [1.807, 2.05) is 0 Å². The van der Waals surface area contributed by atoms with Crippen molar-refractivity contribution in [1.82, 2.24) is 0 Å². The monoisotopic (exact) mass is 540 g/mol. The zero-order valence-electron chi connectivity index (χ0n) is 23.0. The van der Waals surface area contributed by atoms with Crippen LogP contribution in [0, 0.1) is 10.8 Å². The van der Waals surface area contributed by atoms with Gasteiger partial charge in [-0.1, -0.05) is 26.3 Å². The van der Waals surface area contributed by atoms with Gasteiger partial charge in [0.25, 0.3) is 0 Å². The van der Waals surface area contributed by atoms with Crippen molar-refractivity contribution in [3.8, 4) is 0 Å². The van der Waals surface area contributed by atoms with Crippen molar-refractivity contribution in [3.05, 3.63) is 48.6 Å². The molecule has 1 N–H and O–H groups in total. The maximum absolute atomic E-state index is 12.1. The maximum atomic E-state index is 12.1. The van der Waals surface area contributed by atoms with Gasteiger partial charge < -0.3 is 33.5 Å². The fourth-order valence-corrected chi connectivity index (χ4v) is 2.67. The van der Waals surface area contributed by atoms with Crippen LogP contribution in [0.1, 0.15) is 27.7 Å². The predicted molar refractivity (Wildman–Crippen MR) is 138 cm³/mol. The third-order valence-corrected chi connectivity index (χ3v) is 5.03. The molecule has 0 radical (unpaired) electrons. The van der Waals surface area contributed by atoms with Crippen molar-refractivity contribution < 1.29 is 52.7 Å². The standard InChI is InChI=1S/C27H40O11/c1-18(2)22(29)35-14-26(10-28,11-33-9)12-34-13-27(15-36-23(30)19(3)4,16-37-24(31)20(5)6)17-38-25(32)21(7)8/h28H,1,3,5,7,10-17H2,2,4,6,8-9H3. The molecule has 214 valence electrons. The van der Waals surface area contributed by atoms with Crippen LogP contribution in [0.3, 0.4) is 0 Å². The number of methoxy groups -OCH3 is 1. The van der Waals surface area contributed by atoms with Crippen molar-refractivity contribution in [2.24, 2.45) is 10.8 Å². The van der Waals surface area contributed by atoms with Gasteiger partial charge in [-0.25, -0.2) is 19.2 Å². The van der Waals surface area contributed by atoms with E-state index >= 15 is 0 Å². The summed E-state index contributed by atoms with van der Waals surface area (Å²) in [5, 5.41) is 10.1. The largest absolute Gasteiger partial charge is 0.461 e. The summed E-state index contributed by atoms with van der Waals surface area (Å²) in [5.41, 5.74) is -2.00. The molecule has 0 heterocycles. The quantitative estimate of drug-likeness (QED) is 0.146. The Kier molecular flexibility index (Phi) is 15.1. The number of hydrogen-bond donors (Lipinski definition) is 1. The molecule has 0 amide bonds. The van der Waals surface area contributed by atoms with Crippen LogP contribution in [0.5, 0.6) is 0 Å². The average molecular weight is 541 g/mol. The van der Waals surface area contributed by atoms with Gasteiger partial charge in [0.05, 0.1) is 37.3 Å². The van der Waals surface area contributed by atoms with Crippen molar-refractivity contribution in [2.75, 3.05) is 60.0 Å². The molecule has 0 aromatic heterocycles. The maximum Gasteiger partial charge on any atom is 0.333 e. The van der Waals surface area contributed by atoms with Gasteiger partial charge in [-0.3, -0.25) is 0 Å². The van der Waals surface area contributed by atoms with Crippen LogP contribution in [-0.2, 0) is 47.6 Å². The molecule has 38 heavy (non-hydrogen) atoms. The van der Waals surface area contributed by atoms with Gasteiger partial charge in [-0.05, 0) is 27.7 Å². The molecule has 1 unspecified atom stereocenters. The molecule has 0 spiro atoms. The molecule has 0 fully saturated rings. The summed E-state index contributed by atoms with van der Waals surface area (Å²) in [6.07, 6.45) is 0. The van der Waals surface area contributed by atoms with Gasteiger partial charge >= 0.3 is 23.9 Å². The van der Waals surface area contributed by atoms with E-state index < -0.39 is 41.3 Å². The normalized spacial score (nSPS) is 12.5. The highest BCUT2D eigenvalue weighted by molar-refractivity contribution is 5.88. The van der Waals surface area contributed by atoms with Crippen molar-refractivity contribution in [3.63, 3.8) is 0 Å². The molecule has 0 aromatic carbocycles. The van der Waals surface area contributed by atoms with Gasteiger partial charge in [0.2, 0.25) is 0 Å². The van der Waals surface area contributed by atoms with E-state index in [1.54, 1.807) is 0 Å². The van der Waals surface area contributed by atoms with E-state index in [4.69, 9.17) is 28.4 Å². The van der Waals surface area contributed by atoms with Crippen molar-refractivity contribution >= 4 is 23.9 Å². The SMILES string of the molecule is C=C(C)C(=O)OCC(CO)(COC)COCC(COC(=O)C(=C)C)(COC(=O)C(=C)C)COC(=O)C(=C)C. The van der Waals surface area contributed by atoms with Crippen molar-refractivity contribution in [2.45, 2.75) is 27.7 Å². The lowest BCUT2D eigenvalue weighted by molar-refractivity contribution is -0.166. The number of rotatable bonds is 19. The van der Waals surface area contributed by atoms with E-state index in [-0.39, 0.29) is 68.5 Å². The van der Waals surface area contributed by atoms with Gasteiger partial charge in [0, 0.05) is 29.4 Å². The highest BCUT2D eigenvalue weighted by atomic mass is 16.6. The molecular formula is C27H40O11. The van der Waals surface area contributed by atoms with Crippen LogP contribution in [0.2, 0.25) is 0 Å². The van der Waals surface area contributed by atoms with E-state index in [1.165, 1.54) is 34.8 Å². The fourth-order valence-electron chi connectivity index (χ4n) is 2.67. The van der Waals surface area contributed by atoms with Crippen LogP contribution < -0.4 is 0 Å². The summed E-state index contributed by atoms with van der Waals surface area (Å²) in [7, 11) is 1.40. The number of ether oxygens (including phenoxy) is 6. The highest BCUT2D eigenvalue weighted by Gasteiger charge is 2.39. The molecule has 0 aromatic rings.